The standard InChI is InChI=1S/C11H13N5O2/c1-15-8-13-11(14-15)6-7-12-9-2-4-10(5-3-9)16(17)18/h2-5,8,12H,6-7H2,1H3. The van der Waals surface area contributed by atoms with Crippen molar-refractivity contribution in [3.05, 3.63) is 46.5 Å². The van der Waals surface area contributed by atoms with E-state index in [0.29, 0.717) is 13.0 Å². The highest BCUT2D eigenvalue weighted by molar-refractivity contribution is 5.48. The topological polar surface area (TPSA) is 85.9 Å². The van der Waals surface area contributed by atoms with Gasteiger partial charge in [0, 0.05) is 37.8 Å². The molecule has 7 heteroatoms. The van der Waals surface area contributed by atoms with Crippen LogP contribution in [0.25, 0.3) is 0 Å². The van der Waals surface area contributed by atoms with E-state index in [9.17, 15) is 10.1 Å². The van der Waals surface area contributed by atoms with Crippen LogP contribution in [0.15, 0.2) is 30.6 Å². The number of nitro benzene ring substituents is 1. The molecule has 0 atom stereocenters. The molecule has 0 spiro atoms. The molecule has 7 nitrogen and oxygen atoms in total. The van der Waals surface area contributed by atoms with Gasteiger partial charge in [-0.25, -0.2) is 4.98 Å². The van der Waals surface area contributed by atoms with Crippen LogP contribution in [0.2, 0.25) is 0 Å². The third-order valence-corrected chi connectivity index (χ3v) is 2.40. The molecule has 2 rings (SSSR count). The Morgan fingerprint density at radius 2 is 2.11 bits per heavy atom. The van der Waals surface area contributed by atoms with Crippen molar-refractivity contribution in [3.8, 4) is 0 Å². The fraction of sp³-hybridized carbons (Fsp3) is 0.273. The van der Waals surface area contributed by atoms with E-state index in [1.54, 1.807) is 23.1 Å². The minimum atomic E-state index is -0.415. The summed E-state index contributed by atoms with van der Waals surface area (Å²) in [4.78, 5) is 14.2. The van der Waals surface area contributed by atoms with E-state index in [0.717, 1.165) is 11.5 Å². The van der Waals surface area contributed by atoms with Crippen molar-refractivity contribution < 1.29 is 4.92 Å². The van der Waals surface area contributed by atoms with Gasteiger partial charge in [0.25, 0.3) is 5.69 Å². The number of hydrogen-bond acceptors (Lipinski definition) is 5. The van der Waals surface area contributed by atoms with E-state index in [1.807, 2.05) is 7.05 Å². The Balaban J connectivity index is 1.85. The van der Waals surface area contributed by atoms with Crippen molar-refractivity contribution in [2.75, 3.05) is 11.9 Å². The van der Waals surface area contributed by atoms with Gasteiger partial charge in [-0.1, -0.05) is 0 Å². The first-order valence-corrected chi connectivity index (χ1v) is 5.48. The van der Waals surface area contributed by atoms with Gasteiger partial charge in [0.2, 0.25) is 0 Å². The molecule has 1 aromatic heterocycles. The molecule has 2 aromatic rings. The van der Waals surface area contributed by atoms with Gasteiger partial charge in [0.05, 0.1) is 4.92 Å². The number of nitro groups is 1. The number of non-ortho nitro benzene ring substituents is 1. The van der Waals surface area contributed by atoms with Crippen LogP contribution in [-0.2, 0) is 13.5 Å². The van der Waals surface area contributed by atoms with Crippen molar-refractivity contribution in [2.45, 2.75) is 6.42 Å². The lowest BCUT2D eigenvalue weighted by Gasteiger charge is -2.03. The summed E-state index contributed by atoms with van der Waals surface area (Å²) in [5.74, 6) is 0.770. The van der Waals surface area contributed by atoms with Gasteiger partial charge in [0.1, 0.15) is 6.33 Å². The zero-order valence-corrected chi connectivity index (χ0v) is 9.91. The predicted octanol–water partition coefficient (Wildman–Crippen LogP) is 1.38. The molecule has 0 unspecified atom stereocenters. The van der Waals surface area contributed by atoms with E-state index in [-0.39, 0.29) is 5.69 Å². The van der Waals surface area contributed by atoms with Crippen molar-refractivity contribution in [1.82, 2.24) is 14.8 Å². The number of anilines is 1. The van der Waals surface area contributed by atoms with Crippen LogP contribution in [0.5, 0.6) is 0 Å². The second-order valence-corrected chi connectivity index (χ2v) is 3.82. The van der Waals surface area contributed by atoms with Crippen molar-refractivity contribution in [2.24, 2.45) is 7.05 Å². The third-order valence-electron chi connectivity index (χ3n) is 2.40. The first-order chi connectivity index (χ1) is 8.65. The number of rotatable bonds is 5. The van der Waals surface area contributed by atoms with E-state index in [2.05, 4.69) is 15.4 Å². The number of nitrogens with zero attached hydrogens (tertiary/aromatic N) is 4. The Morgan fingerprint density at radius 3 is 2.67 bits per heavy atom. The highest BCUT2D eigenvalue weighted by atomic mass is 16.6. The minimum Gasteiger partial charge on any atom is -0.385 e. The molecule has 94 valence electrons. The molecule has 1 N–H and O–H groups in total. The van der Waals surface area contributed by atoms with Crippen LogP contribution in [0.4, 0.5) is 11.4 Å². The van der Waals surface area contributed by atoms with Crippen LogP contribution in [0, 0.1) is 10.1 Å². The second kappa shape index (κ2) is 5.26. The van der Waals surface area contributed by atoms with Crippen LogP contribution >= 0.6 is 0 Å². The molecule has 0 saturated heterocycles. The number of aryl methyl sites for hydroxylation is 1. The molecule has 0 aliphatic heterocycles. The van der Waals surface area contributed by atoms with E-state index in [4.69, 9.17) is 0 Å². The molecule has 0 radical (unpaired) electrons. The number of benzene rings is 1. The van der Waals surface area contributed by atoms with Gasteiger partial charge in [-0.3, -0.25) is 14.8 Å². The van der Waals surface area contributed by atoms with Gasteiger partial charge in [-0.05, 0) is 12.1 Å². The normalized spacial score (nSPS) is 10.3. The first kappa shape index (κ1) is 12.0. The van der Waals surface area contributed by atoms with E-state index >= 15 is 0 Å². The zero-order chi connectivity index (χ0) is 13.0. The fourth-order valence-electron chi connectivity index (χ4n) is 1.52. The summed E-state index contributed by atoms with van der Waals surface area (Å²) >= 11 is 0. The van der Waals surface area contributed by atoms with Crippen molar-refractivity contribution in [3.63, 3.8) is 0 Å². The molecule has 0 aliphatic carbocycles. The molecule has 0 saturated carbocycles. The number of hydrogen-bond donors (Lipinski definition) is 1. The second-order valence-electron chi connectivity index (χ2n) is 3.82. The molecule has 0 aliphatic rings. The summed E-state index contributed by atoms with van der Waals surface area (Å²) in [6, 6.07) is 6.32. The largest absolute Gasteiger partial charge is 0.385 e. The van der Waals surface area contributed by atoms with E-state index < -0.39 is 4.92 Å². The summed E-state index contributed by atoms with van der Waals surface area (Å²) < 4.78 is 1.65. The molecule has 0 amide bonds. The fourth-order valence-corrected chi connectivity index (χ4v) is 1.52. The Labute approximate surface area is 104 Å². The molecule has 0 fully saturated rings. The molecule has 1 aromatic carbocycles. The Hall–Kier alpha value is -2.44. The monoisotopic (exact) mass is 247 g/mol. The SMILES string of the molecule is Cn1cnc(CCNc2ccc([N+](=O)[O-])cc2)n1. The lowest BCUT2D eigenvalue weighted by Crippen LogP contribution is -2.06. The number of aromatic nitrogens is 3. The highest BCUT2D eigenvalue weighted by Crippen LogP contribution is 2.15. The first-order valence-electron chi connectivity index (χ1n) is 5.48. The average molecular weight is 247 g/mol. The van der Waals surface area contributed by atoms with Gasteiger partial charge in [-0.15, -0.1) is 0 Å². The number of nitrogens with one attached hydrogen (secondary N) is 1. The average Bonchev–Trinajstić information content (AvgIpc) is 2.76. The van der Waals surface area contributed by atoms with Crippen LogP contribution in [-0.4, -0.2) is 26.2 Å². The van der Waals surface area contributed by atoms with E-state index in [1.165, 1.54) is 12.1 Å². The summed E-state index contributed by atoms with van der Waals surface area (Å²) in [5, 5.41) is 17.8. The van der Waals surface area contributed by atoms with Crippen LogP contribution in [0.1, 0.15) is 5.82 Å². The van der Waals surface area contributed by atoms with Gasteiger partial charge >= 0.3 is 0 Å². The molecular formula is C11H13N5O2. The highest BCUT2D eigenvalue weighted by Gasteiger charge is 2.03. The lowest BCUT2D eigenvalue weighted by atomic mass is 10.3. The zero-order valence-electron chi connectivity index (χ0n) is 9.91. The Bertz CT molecular complexity index is 535. The maximum atomic E-state index is 10.5. The van der Waals surface area contributed by atoms with Gasteiger partial charge in [-0.2, -0.15) is 5.10 Å². The molecule has 18 heavy (non-hydrogen) atoms. The quantitative estimate of drug-likeness (QED) is 0.637. The van der Waals surface area contributed by atoms with Gasteiger partial charge in [0.15, 0.2) is 5.82 Å². The molecule has 1 heterocycles. The lowest BCUT2D eigenvalue weighted by molar-refractivity contribution is -0.384. The predicted molar refractivity (Wildman–Crippen MR) is 66.3 cm³/mol. The summed E-state index contributed by atoms with van der Waals surface area (Å²) in [6.07, 6.45) is 2.36. The Kier molecular flexibility index (Phi) is 3.52. The Morgan fingerprint density at radius 1 is 1.39 bits per heavy atom. The molecular weight excluding hydrogens is 234 g/mol. The minimum absolute atomic E-state index is 0.0898. The maximum absolute atomic E-state index is 10.5. The van der Waals surface area contributed by atoms with Gasteiger partial charge < -0.3 is 5.32 Å². The van der Waals surface area contributed by atoms with Crippen molar-refractivity contribution in [1.29, 1.82) is 0 Å². The maximum Gasteiger partial charge on any atom is 0.269 e. The summed E-state index contributed by atoms with van der Waals surface area (Å²) in [5.41, 5.74) is 0.934. The smallest absolute Gasteiger partial charge is 0.269 e. The van der Waals surface area contributed by atoms with Crippen LogP contribution < -0.4 is 5.32 Å². The summed E-state index contributed by atoms with van der Waals surface area (Å²) in [7, 11) is 1.82. The third kappa shape index (κ3) is 3.03. The molecule has 0 bridgehead atoms. The summed E-state index contributed by atoms with van der Waals surface area (Å²) in [6.45, 7) is 0.682. The van der Waals surface area contributed by atoms with Crippen molar-refractivity contribution >= 4 is 11.4 Å². The van der Waals surface area contributed by atoms with Crippen LogP contribution in [0.3, 0.4) is 0 Å².